The summed E-state index contributed by atoms with van der Waals surface area (Å²) in [6.45, 7) is 2.05. The first-order valence-corrected chi connectivity index (χ1v) is 7.50. The van der Waals surface area contributed by atoms with Gasteiger partial charge < -0.3 is 0 Å². The van der Waals surface area contributed by atoms with Gasteiger partial charge in [-0.3, -0.25) is 10.1 Å². The molecule has 1 heterocycles. The van der Waals surface area contributed by atoms with Crippen molar-refractivity contribution in [1.82, 2.24) is 4.98 Å². The fourth-order valence-corrected chi connectivity index (χ4v) is 2.78. The third-order valence-corrected chi connectivity index (χ3v) is 3.94. The lowest BCUT2D eigenvalue weighted by Gasteiger charge is -2.02. The normalized spacial score (nSPS) is 10.3. The van der Waals surface area contributed by atoms with Crippen molar-refractivity contribution in [3.63, 3.8) is 0 Å². The molecule has 4 heteroatoms. The zero-order valence-electron chi connectivity index (χ0n) is 11.5. The average Bonchev–Trinajstić information content (AvgIpc) is 2.97. The molecule has 1 amide bonds. The fourth-order valence-electron chi connectivity index (χ4n) is 2.07. The van der Waals surface area contributed by atoms with Gasteiger partial charge in [0.2, 0.25) is 0 Å². The van der Waals surface area contributed by atoms with E-state index in [1.165, 1.54) is 16.9 Å². The van der Waals surface area contributed by atoms with Crippen molar-refractivity contribution in [2.75, 3.05) is 5.32 Å². The molecule has 0 spiro atoms. The molecule has 3 nitrogen and oxygen atoms in total. The van der Waals surface area contributed by atoms with E-state index in [0.717, 1.165) is 11.3 Å². The van der Waals surface area contributed by atoms with Crippen molar-refractivity contribution in [3.8, 4) is 11.3 Å². The maximum Gasteiger partial charge on any atom is 0.257 e. The number of amides is 1. The molecule has 0 fully saturated rings. The summed E-state index contributed by atoms with van der Waals surface area (Å²) in [5, 5.41) is 5.41. The van der Waals surface area contributed by atoms with Crippen LogP contribution in [0.15, 0.2) is 60.0 Å². The van der Waals surface area contributed by atoms with Gasteiger partial charge in [0, 0.05) is 16.5 Å². The number of aryl methyl sites for hydroxylation is 1. The number of carbonyl (C=O) groups excluding carboxylic acids is 1. The van der Waals surface area contributed by atoms with Gasteiger partial charge in [-0.1, -0.05) is 42.5 Å². The summed E-state index contributed by atoms with van der Waals surface area (Å²) in [5.74, 6) is -0.138. The number of hydrogen-bond acceptors (Lipinski definition) is 3. The van der Waals surface area contributed by atoms with Gasteiger partial charge >= 0.3 is 0 Å². The minimum absolute atomic E-state index is 0.138. The Morgan fingerprint density at radius 1 is 1.05 bits per heavy atom. The van der Waals surface area contributed by atoms with Gasteiger partial charge in [0.25, 0.3) is 5.91 Å². The van der Waals surface area contributed by atoms with Crippen molar-refractivity contribution in [1.29, 1.82) is 0 Å². The summed E-state index contributed by atoms with van der Waals surface area (Å²) < 4.78 is 0. The highest BCUT2D eigenvalue weighted by atomic mass is 32.1. The lowest BCUT2D eigenvalue weighted by Crippen LogP contribution is -2.11. The number of nitrogens with one attached hydrogen (secondary N) is 1. The number of rotatable bonds is 3. The standard InChI is InChI=1S/C17H14N2OS/c1-12-7-5-6-10-14(12)15-11-21-17(18-15)19-16(20)13-8-3-2-4-9-13/h2-11H,1H3,(H,18,19,20). The highest BCUT2D eigenvalue weighted by Crippen LogP contribution is 2.27. The summed E-state index contributed by atoms with van der Waals surface area (Å²) in [4.78, 5) is 16.6. The first-order chi connectivity index (χ1) is 10.2. The molecule has 0 saturated heterocycles. The van der Waals surface area contributed by atoms with Gasteiger partial charge in [0.15, 0.2) is 5.13 Å². The van der Waals surface area contributed by atoms with E-state index in [2.05, 4.69) is 23.3 Å². The molecule has 0 aliphatic rings. The summed E-state index contributed by atoms with van der Waals surface area (Å²) >= 11 is 1.43. The summed E-state index contributed by atoms with van der Waals surface area (Å²) in [6.07, 6.45) is 0. The topological polar surface area (TPSA) is 42.0 Å². The van der Waals surface area contributed by atoms with Gasteiger partial charge in [-0.25, -0.2) is 4.98 Å². The second-order valence-electron chi connectivity index (χ2n) is 4.67. The molecule has 104 valence electrons. The first-order valence-electron chi connectivity index (χ1n) is 6.62. The Labute approximate surface area is 127 Å². The number of anilines is 1. The van der Waals surface area contributed by atoms with E-state index in [0.29, 0.717) is 10.7 Å². The van der Waals surface area contributed by atoms with E-state index in [9.17, 15) is 4.79 Å². The van der Waals surface area contributed by atoms with Crippen molar-refractivity contribution in [2.45, 2.75) is 6.92 Å². The van der Waals surface area contributed by atoms with Crippen LogP contribution in [0, 0.1) is 6.92 Å². The smallest absolute Gasteiger partial charge is 0.257 e. The number of hydrogen-bond donors (Lipinski definition) is 1. The number of benzene rings is 2. The molecule has 1 aromatic heterocycles. The molecule has 0 radical (unpaired) electrons. The van der Waals surface area contributed by atoms with Crippen LogP contribution < -0.4 is 5.32 Å². The average molecular weight is 294 g/mol. The quantitative estimate of drug-likeness (QED) is 0.779. The van der Waals surface area contributed by atoms with Gasteiger partial charge in [0.05, 0.1) is 5.69 Å². The number of aromatic nitrogens is 1. The van der Waals surface area contributed by atoms with Crippen molar-refractivity contribution in [3.05, 3.63) is 71.1 Å². The van der Waals surface area contributed by atoms with Crippen LogP contribution in [0.25, 0.3) is 11.3 Å². The molecule has 3 aromatic rings. The molecule has 0 aliphatic heterocycles. The van der Waals surface area contributed by atoms with Crippen LogP contribution in [0.4, 0.5) is 5.13 Å². The van der Waals surface area contributed by atoms with Crippen LogP contribution in [0.5, 0.6) is 0 Å². The molecule has 0 aliphatic carbocycles. The highest BCUT2D eigenvalue weighted by Gasteiger charge is 2.10. The van der Waals surface area contributed by atoms with Crippen LogP contribution in [-0.4, -0.2) is 10.9 Å². The van der Waals surface area contributed by atoms with E-state index in [-0.39, 0.29) is 5.91 Å². The second kappa shape index (κ2) is 5.89. The van der Waals surface area contributed by atoms with Crippen LogP contribution in [0.2, 0.25) is 0 Å². The minimum atomic E-state index is -0.138. The Kier molecular flexibility index (Phi) is 3.79. The number of nitrogens with zero attached hydrogens (tertiary/aromatic N) is 1. The van der Waals surface area contributed by atoms with Gasteiger partial charge in [-0.05, 0) is 24.6 Å². The van der Waals surface area contributed by atoms with E-state index >= 15 is 0 Å². The summed E-state index contributed by atoms with van der Waals surface area (Å²) in [7, 11) is 0. The van der Waals surface area contributed by atoms with E-state index in [1.54, 1.807) is 12.1 Å². The molecule has 3 rings (SSSR count). The lowest BCUT2D eigenvalue weighted by molar-refractivity contribution is 0.102. The zero-order valence-corrected chi connectivity index (χ0v) is 12.4. The molecule has 1 N–H and O–H groups in total. The Morgan fingerprint density at radius 3 is 2.52 bits per heavy atom. The van der Waals surface area contributed by atoms with Gasteiger partial charge in [0.1, 0.15) is 0 Å². The molecule has 2 aromatic carbocycles. The summed E-state index contributed by atoms with van der Waals surface area (Å²) in [5.41, 5.74) is 3.78. The molecular weight excluding hydrogens is 280 g/mol. The van der Waals surface area contributed by atoms with E-state index < -0.39 is 0 Å². The summed E-state index contributed by atoms with van der Waals surface area (Å²) in [6, 6.07) is 17.2. The molecule has 21 heavy (non-hydrogen) atoms. The minimum Gasteiger partial charge on any atom is -0.298 e. The third-order valence-electron chi connectivity index (χ3n) is 3.18. The molecular formula is C17H14N2OS. The van der Waals surface area contributed by atoms with Gasteiger partial charge in [-0.15, -0.1) is 11.3 Å². The molecule has 0 bridgehead atoms. The maximum atomic E-state index is 12.1. The maximum absolute atomic E-state index is 12.1. The predicted octanol–water partition coefficient (Wildman–Crippen LogP) is 4.37. The molecule has 0 unspecified atom stereocenters. The van der Waals surface area contributed by atoms with E-state index in [4.69, 9.17) is 0 Å². The van der Waals surface area contributed by atoms with E-state index in [1.807, 2.05) is 41.8 Å². The van der Waals surface area contributed by atoms with Gasteiger partial charge in [-0.2, -0.15) is 0 Å². The predicted molar refractivity (Wildman–Crippen MR) is 86.7 cm³/mol. The largest absolute Gasteiger partial charge is 0.298 e. The number of carbonyl (C=O) groups is 1. The first kappa shape index (κ1) is 13.5. The Balaban J connectivity index is 1.80. The van der Waals surface area contributed by atoms with Crippen LogP contribution in [0.3, 0.4) is 0 Å². The monoisotopic (exact) mass is 294 g/mol. The lowest BCUT2D eigenvalue weighted by atomic mass is 10.1. The van der Waals surface area contributed by atoms with Crippen molar-refractivity contribution < 1.29 is 4.79 Å². The Hall–Kier alpha value is -2.46. The number of thiazole rings is 1. The van der Waals surface area contributed by atoms with Crippen molar-refractivity contribution >= 4 is 22.4 Å². The highest BCUT2D eigenvalue weighted by molar-refractivity contribution is 7.14. The van der Waals surface area contributed by atoms with Crippen LogP contribution >= 0.6 is 11.3 Å². The Bertz CT molecular complexity index is 765. The SMILES string of the molecule is Cc1ccccc1-c1csc(NC(=O)c2ccccc2)n1. The zero-order chi connectivity index (χ0) is 14.7. The van der Waals surface area contributed by atoms with Crippen LogP contribution in [-0.2, 0) is 0 Å². The Morgan fingerprint density at radius 2 is 1.76 bits per heavy atom. The van der Waals surface area contributed by atoms with Crippen molar-refractivity contribution in [2.24, 2.45) is 0 Å². The fraction of sp³-hybridized carbons (Fsp3) is 0.0588. The molecule has 0 saturated carbocycles. The van der Waals surface area contributed by atoms with Crippen LogP contribution in [0.1, 0.15) is 15.9 Å². The third kappa shape index (κ3) is 3.01. The second-order valence-corrected chi connectivity index (χ2v) is 5.53. The molecule has 0 atom stereocenters.